The third kappa shape index (κ3) is 2.84. The number of furan rings is 1. The molecule has 0 radical (unpaired) electrons. The fourth-order valence-corrected chi connectivity index (χ4v) is 3.89. The first-order chi connectivity index (χ1) is 12.6. The molecule has 1 spiro atoms. The molecule has 1 aliphatic carbocycles. The normalized spacial score (nSPS) is 19.3. The Kier molecular flexibility index (Phi) is 4.16. The van der Waals surface area contributed by atoms with E-state index in [4.69, 9.17) is 21.0 Å². The van der Waals surface area contributed by atoms with E-state index in [-0.39, 0.29) is 12.6 Å². The van der Waals surface area contributed by atoms with Crippen LogP contribution < -0.4 is 16.4 Å². The highest BCUT2D eigenvalue weighted by molar-refractivity contribution is 6.05. The molecule has 0 atom stereocenters. The Labute approximate surface area is 152 Å². The molecular formula is C19H23N5O2. The van der Waals surface area contributed by atoms with Crippen LogP contribution in [0.15, 0.2) is 50.8 Å². The summed E-state index contributed by atoms with van der Waals surface area (Å²) < 4.78 is 5.60. The second-order valence-electron chi connectivity index (χ2n) is 6.79. The van der Waals surface area contributed by atoms with Gasteiger partial charge in [-0.3, -0.25) is 4.90 Å². The first kappa shape index (κ1) is 16.7. The monoisotopic (exact) mass is 353 g/mol. The number of aliphatic imine (C=N–C) groups is 2. The standard InChI is InChI=1S/C19H23N5O2/c20-17-22-18(21)24(19(23-17)10-2-1-3-11-19)14-6-4-13(5-7-14)16-9-8-15(12-25)26-16/h4-9,25H,1-3,10-12H2,(H4,20,21,22,23). The van der Waals surface area contributed by atoms with Gasteiger partial charge in [-0.1, -0.05) is 6.42 Å². The summed E-state index contributed by atoms with van der Waals surface area (Å²) in [5.41, 5.74) is 13.6. The first-order valence-electron chi connectivity index (χ1n) is 8.91. The molecule has 7 heteroatoms. The molecular weight excluding hydrogens is 330 g/mol. The van der Waals surface area contributed by atoms with E-state index in [0.29, 0.717) is 11.7 Å². The number of anilines is 1. The summed E-state index contributed by atoms with van der Waals surface area (Å²) in [4.78, 5) is 10.9. The Balaban J connectivity index is 1.68. The van der Waals surface area contributed by atoms with Gasteiger partial charge in [0, 0.05) is 11.3 Å². The van der Waals surface area contributed by atoms with Crippen molar-refractivity contribution in [2.75, 3.05) is 4.90 Å². The van der Waals surface area contributed by atoms with Crippen LogP contribution in [-0.2, 0) is 6.61 Å². The van der Waals surface area contributed by atoms with Crippen LogP contribution in [0.2, 0.25) is 0 Å². The molecule has 1 aromatic carbocycles. The Bertz CT molecular complexity index is 847. The predicted octanol–water partition coefficient (Wildman–Crippen LogP) is 2.55. The lowest BCUT2D eigenvalue weighted by atomic mass is 9.87. The van der Waals surface area contributed by atoms with Crippen molar-refractivity contribution in [2.24, 2.45) is 21.5 Å². The zero-order valence-electron chi connectivity index (χ0n) is 14.6. The molecule has 2 heterocycles. The van der Waals surface area contributed by atoms with Crippen molar-refractivity contribution in [3.8, 4) is 11.3 Å². The molecule has 5 N–H and O–H groups in total. The van der Waals surface area contributed by atoms with Crippen LogP contribution in [0.5, 0.6) is 0 Å². The van der Waals surface area contributed by atoms with Crippen LogP contribution in [0, 0.1) is 0 Å². The Morgan fingerprint density at radius 3 is 2.42 bits per heavy atom. The number of nitrogens with zero attached hydrogens (tertiary/aromatic N) is 3. The highest BCUT2D eigenvalue weighted by Crippen LogP contribution is 2.39. The van der Waals surface area contributed by atoms with Gasteiger partial charge in [0.15, 0.2) is 0 Å². The van der Waals surface area contributed by atoms with Crippen LogP contribution in [-0.4, -0.2) is 22.7 Å². The second-order valence-corrected chi connectivity index (χ2v) is 6.79. The van der Waals surface area contributed by atoms with Gasteiger partial charge >= 0.3 is 0 Å². The van der Waals surface area contributed by atoms with E-state index in [1.807, 2.05) is 35.2 Å². The summed E-state index contributed by atoms with van der Waals surface area (Å²) in [6.07, 6.45) is 5.20. The van der Waals surface area contributed by atoms with Gasteiger partial charge in [-0.15, -0.1) is 0 Å². The molecule has 4 rings (SSSR count). The number of aliphatic hydroxyl groups excluding tert-OH is 1. The summed E-state index contributed by atoms with van der Waals surface area (Å²) in [6.45, 7) is -0.110. The van der Waals surface area contributed by atoms with Gasteiger partial charge in [0.2, 0.25) is 11.9 Å². The summed E-state index contributed by atoms with van der Waals surface area (Å²) in [5.74, 6) is 1.90. The third-order valence-electron chi connectivity index (χ3n) is 5.08. The SMILES string of the molecule is NC1=NC2(CCCCC2)N(c2ccc(-c3ccc(CO)o3)cc2)C(N)=N1. The zero-order chi connectivity index (χ0) is 18.1. The number of rotatable bonds is 3. The molecule has 0 amide bonds. The Morgan fingerprint density at radius 1 is 1.04 bits per heavy atom. The zero-order valence-corrected chi connectivity index (χ0v) is 14.6. The maximum absolute atomic E-state index is 9.15. The number of nitrogens with two attached hydrogens (primary N) is 2. The summed E-state index contributed by atoms with van der Waals surface area (Å²) in [5, 5.41) is 9.15. The van der Waals surface area contributed by atoms with Crippen LogP contribution >= 0.6 is 0 Å². The van der Waals surface area contributed by atoms with E-state index in [2.05, 4.69) is 9.98 Å². The van der Waals surface area contributed by atoms with Gasteiger partial charge < -0.3 is 21.0 Å². The molecule has 1 aromatic heterocycles. The molecule has 1 aliphatic heterocycles. The maximum Gasteiger partial charge on any atom is 0.220 e. The van der Waals surface area contributed by atoms with E-state index < -0.39 is 5.66 Å². The van der Waals surface area contributed by atoms with Gasteiger partial charge in [-0.05, 0) is 62.1 Å². The van der Waals surface area contributed by atoms with Crippen molar-refractivity contribution >= 4 is 17.6 Å². The summed E-state index contributed by atoms with van der Waals surface area (Å²) in [7, 11) is 0. The highest BCUT2D eigenvalue weighted by Gasteiger charge is 2.42. The Hall–Kier alpha value is -2.80. The molecule has 136 valence electrons. The molecule has 2 aromatic rings. The first-order valence-corrected chi connectivity index (χ1v) is 8.91. The number of hydrogen-bond acceptors (Lipinski definition) is 7. The lowest BCUT2D eigenvalue weighted by molar-refractivity contribution is 0.248. The minimum atomic E-state index is -0.440. The van der Waals surface area contributed by atoms with Crippen molar-refractivity contribution in [3.63, 3.8) is 0 Å². The van der Waals surface area contributed by atoms with E-state index >= 15 is 0 Å². The largest absolute Gasteiger partial charge is 0.459 e. The van der Waals surface area contributed by atoms with Crippen molar-refractivity contribution < 1.29 is 9.52 Å². The van der Waals surface area contributed by atoms with Crippen LogP contribution in [0.1, 0.15) is 37.9 Å². The summed E-state index contributed by atoms with van der Waals surface area (Å²) >= 11 is 0. The number of guanidine groups is 2. The lowest BCUT2D eigenvalue weighted by Crippen LogP contribution is -2.58. The predicted molar refractivity (Wildman–Crippen MR) is 102 cm³/mol. The van der Waals surface area contributed by atoms with Crippen LogP contribution in [0.3, 0.4) is 0 Å². The van der Waals surface area contributed by atoms with E-state index in [1.54, 1.807) is 6.07 Å². The molecule has 0 bridgehead atoms. The molecule has 2 aliphatic rings. The van der Waals surface area contributed by atoms with Gasteiger partial charge in [0.1, 0.15) is 23.8 Å². The van der Waals surface area contributed by atoms with Crippen molar-refractivity contribution in [2.45, 2.75) is 44.4 Å². The minimum absolute atomic E-state index is 0.110. The van der Waals surface area contributed by atoms with Crippen molar-refractivity contribution in [3.05, 3.63) is 42.2 Å². The quantitative estimate of drug-likeness (QED) is 0.785. The molecule has 1 saturated carbocycles. The average Bonchev–Trinajstić information content (AvgIpc) is 3.11. The van der Waals surface area contributed by atoms with Gasteiger partial charge in [0.05, 0.1) is 0 Å². The van der Waals surface area contributed by atoms with E-state index in [9.17, 15) is 0 Å². The fraction of sp³-hybridized carbons (Fsp3) is 0.368. The highest BCUT2D eigenvalue weighted by atomic mass is 16.4. The van der Waals surface area contributed by atoms with Crippen molar-refractivity contribution in [1.29, 1.82) is 0 Å². The van der Waals surface area contributed by atoms with E-state index in [1.165, 1.54) is 6.42 Å². The minimum Gasteiger partial charge on any atom is -0.459 e. The van der Waals surface area contributed by atoms with Crippen LogP contribution in [0.4, 0.5) is 5.69 Å². The molecule has 7 nitrogen and oxygen atoms in total. The Morgan fingerprint density at radius 2 is 1.77 bits per heavy atom. The average molecular weight is 353 g/mol. The lowest BCUT2D eigenvalue weighted by Gasteiger charge is -2.45. The fourth-order valence-electron chi connectivity index (χ4n) is 3.89. The topological polar surface area (TPSA) is 113 Å². The maximum atomic E-state index is 9.15. The van der Waals surface area contributed by atoms with Gasteiger partial charge in [0.25, 0.3) is 0 Å². The molecule has 0 unspecified atom stereocenters. The number of aliphatic hydroxyl groups is 1. The number of hydrogen-bond donors (Lipinski definition) is 3. The molecule has 1 fully saturated rings. The van der Waals surface area contributed by atoms with Crippen LogP contribution in [0.25, 0.3) is 11.3 Å². The molecule has 0 saturated heterocycles. The van der Waals surface area contributed by atoms with Gasteiger partial charge in [-0.2, -0.15) is 4.99 Å². The smallest absolute Gasteiger partial charge is 0.220 e. The van der Waals surface area contributed by atoms with Gasteiger partial charge in [-0.25, -0.2) is 4.99 Å². The molecule has 26 heavy (non-hydrogen) atoms. The third-order valence-corrected chi connectivity index (χ3v) is 5.08. The summed E-state index contributed by atoms with van der Waals surface area (Å²) in [6, 6.07) is 11.6. The second kappa shape index (κ2) is 6.49. The number of benzene rings is 1. The van der Waals surface area contributed by atoms with Crippen molar-refractivity contribution in [1.82, 2.24) is 0 Å². The van der Waals surface area contributed by atoms with E-state index in [0.717, 1.165) is 42.7 Å².